The van der Waals surface area contributed by atoms with E-state index in [0.29, 0.717) is 33.0 Å². The number of carbonyl (C=O) groups excluding carboxylic acids is 1. The average Bonchev–Trinajstić information content (AvgIpc) is 3.17. The molecule has 0 amide bonds. The van der Waals surface area contributed by atoms with Crippen LogP contribution in [0.4, 0.5) is 5.69 Å². The highest BCUT2D eigenvalue weighted by molar-refractivity contribution is 8.02. The van der Waals surface area contributed by atoms with Crippen molar-refractivity contribution in [2.75, 3.05) is 5.73 Å². The SMILES string of the molecule is CC1C=CSC1c1ccc2c(N)c(C(=O)c3ccc(Cl)cc3Cl)oc2c1. The number of carbonyl (C=O) groups is 1. The van der Waals surface area contributed by atoms with Crippen LogP contribution in [0.5, 0.6) is 0 Å². The highest BCUT2D eigenvalue weighted by atomic mass is 35.5. The van der Waals surface area contributed by atoms with Crippen molar-refractivity contribution < 1.29 is 9.21 Å². The molecule has 0 saturated carbocycles. The standard InChI is InChI=1S/C20H15Cl2NO2S/c1-10-6-7-26-20(10)11-2-4-14-16(8-11)25-19(17(14)23)18(24)13-5-3-12(21)9-15(13)22/h2-10,20H,23H2,1H3. The van der Waals surface area contributed by atoms with E-state index in [0.717, 1.165) is 10.9 Å². The van der Waals surface area contributed by atoms with E-state index >= 15 is 0 Å². The molecule has 6 heteroatoms. The van der Waals surface area contributed by atoms with Crippen LogP contribution in [0.25, 0.3) is 11.0 Å². The van der Waals surface area contributed by atoms with Crippen LogP contribution in [-0.2, 0) is 0 Å². The van der Waals surface area contributed by atoms with Crippen LogP contribution in [0.15, 0.2) is 52.3 Å². The molecule has 0 spiro atoms. The van der Waals surface area contributed by atoms with Gasteiger partial charge in [0.05, 0.1) is 10.7 Å². The summed E-state index contributed by atoms with van der Waals surface area (Å²) in [5.74, 6) is 0.192. The van der Waals surface area contributed by atoms with E-state index in [1.807, 2.05) is 18.2 Å². The lowest BCUT2D eigenvalue weighted by Gasteiger charge is -2.14. The average molecular weight is 404 g/mol. The van der Waals surface area contributed by atoms with Crippen molar-refractivity contribution in [2.24, 2.45) is 5.92 Å². The maximum absolute atomic E-state index is 12.8. The van der Waals surface area contributed by atoms with Gasteiger partial charge in [0.2, 0.25) is 5.78 Å². The topological polar surface area (TPSA) is 56.2 Å². The van der Waals surface area contributed by atoms with E-state index in [4.69, 9.17) is 33.4 Å². The molecule has 2 heterocycles. The molecule has 0 saturated heterocycles. The molecule has 3 nitrogen and oxygen atoms in total. The smallest absolute Gasteiger partial charge is 0.231 e. The lowest BCUT2D eigenvalue weighted by Crippen LogP contribution is -2.03. The first-order valence-electron chi connectivity index (χ1n) is 8.09. The van der Waals surface area contributed by atoms with Crippen molar-refractivity contribution in [2.45, 2.75) is 12.2 Å². The number of nitrogens with two attached hydrogens (primary N) is 1. The van der Waals surface area contributed by atoms with Gasteiger partial charge in [0.1, 0.15) is 5.58 Å². The molecule has 132 valence electrons. The number of furan rings is 1. The second-order valence-corrected chi connectivity index (χ2v) is 8.19. The molecule has 4 rings (SSSR count). The van der Waals surface area contributed by atoms with Gasteiger partial charge in [-0.1, -0.05) is 42.3 Å². The fourth-order valence-corrected chi connectivity index (χ4v) is 4.78. The minimum atomic E-state index is -0.354. The zero-order valence-corrected chi connectivity index (χ0v) is 16.2. The Hall–Kier alpha value is -1.88. The molecule has 0 fully saturated rings. The largest absolute Gasteiger partial charge is 0.450 e. The van der Waals surface area contributed by atoms with Gasteiger partial charge < -0.3 is 10.2 Å². The third kappa shape index (κ3) is 2.92. The number of nitrogen functional groups attached to an aromatic ring is 1. The highest BCUT2D eigenvalue weighted by Crippen LogP contribution is 2.44. The van der Waals surface area contributed by atoms with Crippen LogP contribution in [0.3, 0.4) is 0 Å². The molecule has 1 aliphatic heterocycles. The highest BCUT2D eigenvalue weighted by Gasteiger charge is 2.25. The molecule has 0 radical (unpaired) electrons. The number of anilines is 1. The Morgan fingerprint density at radius 1 is 1.19 bits per heavy atom. The van der Waals surface area contributed by atoms with Crippen molar-refractivity contribution in [1.82, 2.24) is 0 Å². The predicted octanol–water partition coefficient (Wildman–Crippen LogP) is 6.49. The second-order valence-electron chi connectivity index (χ2n) is 6.30. The van der Waals surface area contributed by atoms with Crippen molar-refractivity contribution in [3.8, 4) is 0 Å². The van der Waals surface area contributed by atoms with E-state index in [1.54, 1.807) is 23.9 Å². The third-order valence-electron chi connectivity index (χ3n) is 4.55. The molecule has 2 aromatic carbocycles. The lowest BCUT2D eigenvalue weighted by molar-refractivity contribution is 0.101. The van der Waals surface area contributed by atoms with Crippen LogP contribution in [0.2, 0.25) is 10.0 Å². The Bertz CT molecular complexity index is 1060. The molecule has 2 atom stereocenters. The van der Waals surface area contributed by atoms with Crippen molar-refractivity contribution in [3.05, 3.63) is 74.8 Å². The van der Waals surface area contributed by atoms with Crippen LogP contribution < -0.4 is 5.73 Å². The van der Waals surface area contributed by atoms with Gasteiger partial charge in [0.25, 0.3) is 0 Å². The first kappa shape index (κ1) is 17.5. The summed E-state index contributed by atoms with van der Waals surface area (Å²) in [6, 6.07) is 10.6. The zero-order chi connectivity index (χ0) is 18.4. The molecule has 1 aromatic heterocycles. The molecular weight excluding hydrogens is 389 g/mol. The molecular formula is C20H15Cl2NO2S. The molecule has 0 aliphatic carbocycles. The predicted molar refractivity (Wildman–Crippen MR) is 109 cm³/mol. The number of halogens is 2. The fraction of sp³-hybridized carbons (Fsp3) is 0.150. The van der Waals surface area contributed by atoms with Crippen molar-refractivity contribution >= 4 is 57.4 Å². The molecule has 2 unspecified atom stereocenters. The van der Waals surface area contributed by atoms with Crippen LogP contribution >= 0.6 is 35.0 Å². The summed E-state index contributed by atoms with van der Waals surface area (Å²) in [5, 5.41) is 3.92. The Kier molecular flexibility index (Phi) is 4.51. The third-order valence-corrected chi connectivity index (χ3v) is 6.40. The summed E-state index contributed by atoms with van der Waals surface area (Å²) in [5.41, 5.74) is 8.58. The normalized spacial score (nSPS) is 19.3. The maximum atomic E-state index is 12.8. The van der Waals surface area contributed by atoms with Gasteiger partial charge in [0.15, 0.2) is 5.76 Å². The quantitative estimate of drug-likeness (QED) is 0.507. The van der Waals surface area contributed by atoms with Gasteiger partial charge in [-0.15, -0.1) is 11.8 Å². The van der Waals surface area contributed by atoms with Crippen LogP contribution in [-0.4, -0.2) is 5.78 Å². The number of allylic oxidation sites excluding steroid dienone is 1. The molecule has 1 aliphatic rings. The number of benzene rings is 2. The Balaban J connectivity index is 1.76. The number of fused-ring (bicyclic) bond motifs is 1. The molecule has 3 aromatic rings. The van der Waals surface area contributed by atoms with Gasteiger partial charge in [-0.2, -0.15) is 0 Å². The lowest BCUT2D eigenvalue weighted by atomic mass is 10.00. The van der Waals surface area contributed by atoms with Gasteiger partial charge in [-0.05, 0) is 47.2 Å². The minimum Gasteiger partial charge on any atom is -0.450 e. The number of hydrogen-bond acceptors (Lipinski definition) is 4. The summed E-state index contributed by atoms with van der Waals surface area (Å²) in [6.45, 7) is 2.18. The van der Waals surface area contributed by atoms with Gasteiger partial charge in [0, 0.05) is 21.2 Å². The van der Waals surface area contributed by atoms with Crippen molar-refractivity contribution in [1.29, 1.82) is 0 Å². The summed E-state index contributed by atoms with van der Waals surface area (Å²) < 4.78 is 5.84. The van der Waals surface area contributed by atoms with E-state index in [1.165, 1.54) is 6.07 Å². The van der Waals surface area contributed by atoms with E-state index < -0.39 is 0 Å². The fourth-order valence-electron chi connectivity index (χ4n) is 3.14. The Labute approximate surface area is 165 Å². The summed E-state index contributed by atoms with van der Waals surface area (Å²) in [7, 11) is 0. The number of rotatable bonds is 3. The monoisotopic (exact) mass is 403 g/mol. The summed E-state index contributed by atoms with van der Waals surface area (Å²) in [6.07, 6.45) is 2.19. The van der Waals surface area contributed by atoms with Crippen LogP contribution in [0.1, 0.15) is 33.9 Å². The zero-order valence-electron chi connectivity index (χ0n) is 13.8. The number of hydrogen-bond donors (Lipinski definition) is 1. The first-order valence-corrected chi connectivity index (χ1v) is 9.79. The van der Waals surface area contributed by atoms with Crippen LogP contribution in [0, 0.1) is 5.92 Å². The van der Waals surface area contributed by atoms with E-state index in [-0.39, 0.29) is 16.6 Å². The van der Waals surface area contributed by atoms with Crippen molar-refractivity contribution in [3.63, 3.8) is 0 Å². The minimum absolute atomic E-state index is 0.103. The van der Waals surface area contributed by atoms with Gasteiger partial charge in [-0.25, -0.2) is 0 Å². The van der Waals surface area contributed by atoms with Gasteiger partial charge in [-0.3, -0.25) is 4.79 Å². The second kappa shape index (κ2) is 6.69. The molecule has 0 bridgehead atoms. The molecule has 26 heavy (non-hydrogen) atoms. The molecule has 2 N–H and O–H groups in total. The Morgan fingerprint density at radius 2 is 2.00 bits per heavy atom. The van der Waals surface area contributed by atoms with Gasteiger partial charge >= 0.3 is 0 Å². The maximum Gasteiger partial charge on any atom is 0.231 e. The number of thioether (sulfide) groups is 1. The summed E-state index contributed by atoms with van der Waals surface area (Å²) in [4.78, 5) is 12.8. The first-order chi connectivity index (χ1) is 12.5. The van der Waals surface area contributed by atoms with E-state index in [9.17, 15) is 4.79 Å². The van der Waals surface area contributed by atoms with E-state index in [2.05, 4.69) is 18.4 Å². The number of ketones is 1. The summed E-state index contributed by atoms with van der Waals surface area (Å²) >= 11 is 13.8. The Morgan fingerprint density at radius 3 is 2.69 bits per heavy atom.